The van der Waals surface area contributed by atoms with Gasteiger partial charge in [0, 0.05) is 17.5 Å². The summed E-state index contributed by atoms with van der Waals surface area (Å²) in [5.41, 5.74) is 1.09. The number of nitrogens with zero attached hydrogens (tertiary/aromatic N) is 1. The number of aromatic carboxylic acids is 1. The summed E-state index contributed by atoms with van der Waals surface area (Å²) in [4.78, 5) is 15.6. The number of rotatable bonds is 7. The van der Waals surface area contributed by atoms with E-state index >= 15 is 0 Å². The SMILES string of the molecule is CCSCC(C)Nc1cc(C(=O)O)cc(C(C)C)n1. The summed E-state index contributed by atoms with van der Waals surface area (Å²) in [6, 6.07) is 3.51. The van der Waals surface area contributed by atoms with E-state index in [-0.39, 0.29) is 17.5 Å². The first-order valence-electron chi connectivity index (χ1n) is 6.53. The van der Waals surface area contributed by atoms with Crippen molar-refractivity contribution in [1.82, 2.24) is 4.98 Å². The van der Waals surface area contributed by atoms with Crippen molar-refractivity contribution in [2.75, 3.05) is 16.8 Å². The Bertz CT molecular complexity index is 435. The maximum absolute atomic E-state index is 11.1. The molecule has 4 nitrogen and oxygen atoms in total. The van der Waals surface area contributed by atoms with Gasteiger partial charge in [-0.3, -0.25) is 0 Å². The van der Waals surface area contributed by atoms with Crippen LogP contribution in [0.3, 0.4) is 0 Å². The Labute approximate surface area is 119 Å². The van der Waals surface area contributed by atoms with Crippen LogP contribution >= 0.6 is 11.8 Å². The molecule has 0 aliphatic heterocycles. The van der Waals surface area contributed by atoms with E-state index in [1.807, 2.05) is 25.6 Å². The molecule has 0 amide bonds. The minimum Gasteiger partial charge on any atom is -0.478 e. The van der Waals surface area contributed by atoms with Crippen LogP contribution in [0.2, 0.25) is 0 Å². The Kier molecular flexibility index (Phi) is 6.15. The van der Waals surface area contributed by atoms with Gasteiger partial charge in [0.05, 0.1) is 5.56 Å². The topological polar surface area (TPSA) is 62.2 Å². The number of aromatic nitrogens is 1. The van der Waals surface area contributed by atoms with Crippen LogP contribution in [0.25, 0.3) is 0 Å². The van der Waals surface area contributed by atoms with Crippen molar-refractivity contribution in [3.63, 3.8) is 0 Å². The minimum absolute atomic E-state index is 0.208. The molecule has 0 spiro atoms. The zero-order valence-electron chi connectivity index (χ0n) is 11.9. The molecule has 1 atom stereocenters. The third-order valence-corrected chi connectivity index (χ3v) is 3.79. The zero-order valence-corrected chi connectivity index (χ0v) is 12.8. The second kappa shape index (κ2) is 7.38. The van der Waals surface area contributed by atoms with Gasteiger partial charge in [0.2, 0.25) is 0 Å². The van der Waals surface area contributed by atoms with E-state index in [0.29, 0.717) is 5.82 Å². The Morgan fingerprint density at radius 1 is 1.42 bits per heavy atom. The van der Waals surface area contributed by atoms with Gasteiger partial charge >= 0.3 is 5.97 Å². The van der Waals surface area contributed by atoms with Crippen molar-refractivity contribution in [1.29, 1.82) is 0 Å². The van der Waals surface area contributed by atoms with Gasteiger partial charge in [0.25, 0.3) is 0 Å². The fourth-order valence-corrected chi connectivity index (χ4v) is 2.31. The lowest BCUT2D eigenvalue weighted by atomic mass is 10.1. The van der Waals surface area contributed by atoms with Crippen LogP contribution in [0.1, 0.15) is 49.7 Å². The highest BCUT2D eigenvalue weighted by molar-refractivity contribution is 7.99. The number of nitrogens with one attached hydrogen (secondary N) is 1. The molecule has 0 saturated carbocycles. The maximum Gasteiger partial charge on any atom is 0.335 e. The molecule has 0 aliphatic rings. The van der Waals surface area contributed by atoms with Crippen LogP contribution in [0.4, 0.5) is 5.82 Å². The van der Waals surface area contributed by atoms with Crippen molar-refractivity contribution in [2.45, 2.75) is 39.7 Å². The van der Waals surface area contributed by atoms with Gasteiger partial charge in [-0.1, -0.05) is 20.8 Å². The third-order valence-electron chi connectivity index (χ3n) is 2.65. The average molecular weight is 282 g/mol. The van der Waals surface area contributed by atoms with E-state index in [4.69, 9.17) is 5.11 Å². The van der Waals surface area contributed by atoms with Crippen molar-refractivity contribution in [3.05, 3.63) is 23.4 Å². The van der Waals surface area contributed by atoms with Gasteiger partial charge in [-0.25, -0.2) is 9.78 Å². The minimum atomic E-state index is -0.914. The highest BCUT2D eigenvalue weighted by Gasteiger charge is 2.12. The number of carboxylic acids is 1. The van der Waals surface area contributed by atoms with Crippen molar-refractivity contribution in [2.24, 2.45) is 0 Å². The van der Waals surface area contributed by atoms with Crippen LogP contribution < -0.4 is 5.32 Å². The molecule has 5 heteroatoms. The molecule has 2 N–H and O–H groups in total. The summed E-state index contributed by atoms with van der Waals surface area (Å²) >= 11 is 1.85. The predicted octanol–water partition coefficient (Wildman–Crippen LogP) is 3.46. The summed E-state index contributed by atoms with van der Waals surface area (Å²) in [6.45, 7) is 8.21. The number of anilines is 1. The number of carboxylic acid groups (broad SMARTS) is 1. The fourth-order valence-electron chi connectivity index (χ4n) is 1.63. The molecule has 1 aromatic rings. The molecule has 1 heterocycles. The van der Waals surface area contributed by atoms with E-state index in [1.54, 1.807) is 12.1 Å². The molecule has 0 radical (unpaired) electrons. The Morgan fingerprint density at radius 2 is 2.11 bits per heavy atom. The molecule has 106 valence electrons. The number of hydrogen-bond acceptors (Lipinski definition) is 4. The molecule has 1 unspecified atom stereocenters. The number of hydrogen-bond donors (Lipinski definition) is 2. The lowest BCUT2D eigenvalue weighted by Gasteiger charge is -2.16. The second-order valence-corrected chi connectivity index (χ2v) is 6.15. The normalized spacial score (nSPS) is 12.5. The van der Waals surface area contributed by atoms with Crippen LogP contribution in [0.5, 0.6) is 0 Å². The summed E-state index contributed by atoms with van der Waals surface area (Å²) < 4.78 is 0. The van der Waals surface area contributed by atoms with Gasteiger partial charge in [0.1, 0.15) is 5.82 Å². The number of pyridine rings is 1. The quantitative estimate of drug-likeness (QED) is 0.802. The molecule has 1 aromatic heterocycles. The van der Waals surface area contributed by atoms with Gasteiger partial charge in [-0.05, 0) is 30.7 Å². The van der Waals surface area contributed by atoms with E-state index in [0.717, 1.165) is 17.2 Å². The van der Waals surface area contributed by atoms with Crippen LogP contribution in [-0.2, 0) is 0 Å². The first kappa shape index (κ1) is 15.8. The average Bonchev–Trinajstić information content (AvgIpc) is 2.35. The summed E-state index contributed by atoms with van der Waals surface area (Å²) in [7, 11) is 0. The Morgan fingerprint density at radius 3 is 2.63 bits per heavy atom. The molecule has 0 bridgehead atoms. The lowest BCUT2D eigenvalue weighted by molar-refractivity contribution is 0.0696. The van der Waals surface area contributed by atoms with E-state index in [2.05, 4.69) is 24.1 Å². The highest BCUT2D eigenvalue weighted by atomic mass is 32.2. The molecule has 0 aliphatic carbocycles. The molecule has 0 aromatic carbocycles. The van der Waals surface area contributed by atoms with Gasteiger partial charge < -0.3 is 10.4 Å². The van der Waals surface area contributed by atoms with Crippen LogP contribution in [-0.4, -0.2) is 33.6 Å². The van der Waals surface area contributed by atoms with Gasteiger partial charge in [-0.15, -0.1) is 0 Å². The molecule has 1 rings (SSSR count). The van der Waals surface area contributed by atoms with E-state index < -0.39 is 5.97 Å². The fraction of sp³-hybridized carbons (Fsp3) is 0.571. The van der Waals surface area contributed by atoms with E-state index in [9.17, 15) is 4.79 Å². The standard InChI is InChI=1S/C14H22N2O2S/c1-5-19-8-10(4)15-13-7-11(14(17)18)6-12(16-13)9(2)3/h6-7,9-10H,5,8H2,1-4H3,(H,15,16)(H,17,18). The molecule has 0 fully saturated rings. The highest BCUT2D eigenvalue weighted by Crippen LogP contribution is 2.18. The zero-order chi connectivity index (χ0) is 14.4. The van der Waals surface area contributed by atoms with Crippen LogP contribution in [0, 0.1) is 0 Å². The smallest absolute Gasteiger partial charge is 0.335 e. The number of thioether (sulfide) groups is 1. The third kappa shape index (κ3) is 5.11. The predicted molar refractivity (Wildman–Crippen MR) is 81.4 cm³/mol. The lowest BCUT2D eigenvalue weighted by Crippen LogP contribution is -2.19. The van der Waals surface area contributed by atoms with Crippen molar-refractivity contribution in [3.8, 4) is 0 Å². The molecular weight excluding hydrogens is 260 g/mol. The first-order valence-corrected chi connectivity index (χ1v) is 7.69. The molecule has 19 heavy (non-hydrogen) atoms. The first-order chi connectivity index (χ1) is 8.93. The van der Waals surface area contributed by atoms with Crippen molar-refractivity contribution < 1.29 is 9.90 Å². The summed E-state index contributed by atoms with van der Waals surface area (Å²) in [6.07, 6.45) is 0. The van der Waals surface area contributed by atoms with Crippen molar-refractivity contribution >= 4 is 23.5 Å². The second-order valence-electron chi connectivity index (χ2n) is 4.83. The Balaban J connectivity index is 2.90. The van der Waals surface area contributed by atoms with Crippen LogP contribution in [0.15, 0.2) is 12.1 Å². The summed E-state index contributed by atoms with van der Waals surface area (Å²) in [5.74, 6) is 1.99. The largest absolute Gasteiger partial charge is 0.478 e. The summed E-state index contributed by atoms with van der Waals surface area (Å²) in [5, 5.41) is 12.4. The molecule has 0 saturated heterocycles. The number of carbonyl (C=O) groups is 1. The maximum atomic E-state index is 11.1. The van der Waals surface area contributed by atoms with Gasteiger partial charge in [0.15, 0.2) is 0 Å². The Hall–Kier alpha value is -1.23. The molecular formula is C14H22N2O2S. The van der Waals surface area contributed by atoms with Gasteiger partial charge in [-0.2, -0.15) is 11.8 Å². The van der Waals surface area contributed by atoms with E-state index in [1.165, 1.54) is 0 Å². The monoisotopic (exact) mass is 282 g/mol.